The molecule has 10 heteroatoms. The lowest BCUT2D eigenvalue weighted by molar-refractivity contribution is -0.130. The second-order valence-electron chi connectivity index (χ2n) is 7.43. The highest BCUT2D eigenvalue weighted by Crippen LogP contribution is 2.27. The molecule has 1 unspecified atom stereocenters. The van der Waals surface area contributed by atoms with Crippen molar-refractivity contribution in [1.82, 2.24) is 14.9 Å². The second-order valence-corrected chi connectivity index (χ2v) is 8.31. The molecule has 0 bridgehead atoms. The Kier molecular flexibility index (Phi) is 6.24. The number of hydrogen-bond donors (Lipinski definition) is 3. The van der Waals surface area contributed by atoms with Crippen LogP contribution >= 0.6 is 23.2 Å². The molecule has 1 aromatic heterocycles. The standard InChI is InChI=1S/C20H22Cl2N6O2/c21-12-6-13(22)8-15(7-12)23-9-18(30)28-5-1-2-14(10-28)26-19-16-3-4-17(29)27-20(16)25-11-24-19/h6-8,11,14,23H,1-5,9-10H2,(H2,24,25,26,27,29). The van der Waals surface area contributed by atoms with Crippen LogP contribution in [0.2, 0.25) is 10.0 Å². The third kappa shape index (κ3) is 4.94. The van der Waals surface area contributed by atoms with Gasteiger partial charge in [-0.15, -0.1) is 0 Å². The van der Waals surface area contributed by atoms with Crippen molar-refractivity contribution in [2.24, 2.45) is 0 Å². The maximum Gasteiger partial charge on any atom is 0.241 e. The Hall–Kier alpha value is -2.58. The Bertz CT molecular complexity index is 950. The van der Waals surface area contributed by atoms with Crippen LogP contribution in [0.15, 0.2) is 24.5 Å². The first-order valence-electron chi connectivity index (χ1n) is 9.86. The minimum Gasteiger partial charge on any atom is -0.376 e. The summed E-state index contributed by atoms with van der Waals surface area (Å²) in [7, 11) is 0. The van der Waals surface area contributed by atoms with Gasteiger partial charge in [0.25, 0.3) is 0 Å². The average Bonchev–Trinajstić information content (AvgIpc) is 2.71. The van der Waals surface area contributed by atoms with Gasteiger partial charge in [-0.05, 0) is 37.5 Å². The van der Waals surface area contributed by atoms with Crippen LogP contribution in [0.25, 0.3) is 0 Å². The fourth-order valence-electron chi connectivity index (χ4n) is 3.77. The van der Waals surface area contributed by atoms with Gasteiger partial charge in [-0.3, -0.25) is 9.59 Å². The summed E-state index contributed by atoms with van der Waals surface area (Å²) in [5.74, 6) is 1.27. The zero-order valence-corrected chi connectivity index (χ0v) is 17.8. The first-order chi connectivity index (χ1) is 14.5. The quantitative estimate of drug-likeness (QED) is 0.649. The lowest BCUT2D eigenvalue weighted by Crippen LogP contribution is -2.47. The molecule has 1 saturated heterocycles. The van der Waals surface area contributed by atoms with Crippen LogP contribution in [-0.2, 0) is 16.0 Å². The van der Waals surface area contributed by atoms with Crippen molar-refractivity contribution in [2.45, 2.75) is 31.7 Å². The Morgan fingerprint density at radius 3 is 2.80 bits per heavy atom. The van der Waals surface area contributed by atoms with Crippen LogP contribution in [0.1, 0.15) is 24.8 Å². The van der Waals surface area contributed by atoms with Gasteiger partial charge in [0.2, 0.25) is 11.8 Å². The lowest BCUT2D eigenvalue weighted by atomic mass is 10.0. The summed E-state index contributed by atoms with van der Waals surface area (Å²) in [5, 5.41) is 10.4. The molecule has 0 radical (unpaired) electrons. The molecule has 3 N–H and O–H groups in total. The van der Waals surface area contributed by atoms with E-state index in [1.807, 2.05) is 4.90 Å². The van der Waals surface area contributed by atoms with Crippen LogP contribution in [0.4, 0.5) is 17.3 Å². The fourth-order valence-corrected chi connectivity index (χ4v) is 4.30. The van der Waals surface area contributed by atoms with E-state index >= 15 is 0 Å². The molecule has 0 aliphatic carbocycles. The van der Waals surface area contributed by atoms with Crippen molar-refractivity contribution in [3.63, 3.8) is 0 Å². The number of aromatic nitrogens is 2. The first kappa shape index (κ1) is 20.7. The number of amides is 2. The summed E-state index contributed by atoms with van der Waals surface area (Å²) in [4.78, 5) is 34.7. The van der Waals surface area contributed by atoms with Crippen LogP contribution < -0.4 is 16.0 Å². The highest BCUT2D eigenvalue weighted by molar-refractivity contribution is 6.35. The molecule has 8 nitrogen and oxygen atoms in total. The smallest absolute Gasteiger partial charge is 0.241 e. The molecular formula is C20H22Cl2N6O2. The zero-order valence-electron chi connectivity index (χ0n) is 16.3. The molecule has 2 aromatic rings. The molecule has 0 spiro atoms. The van der Waals surface area contributed by atoms with E-state index in [2.05, 4.69) is 25.9 Å². The molecule has 3 heterocycles. The summed E-state index contributed by atoms with van der Waals surface area (Å²) >= 11 is 12.0. The van der Waals surface area contributed by atoms with Crippen molar-refractivity contribution >= 4 is 52.3 Å². The molecular weight excluding hydrogens is 427 g/mol. The lowest BCUT2D eigenvalue weighted by Gasteiger charge is -2.34. The average molecular weight is 449 g/mol. The summed E-state index contributed by atoms with van der Waals surface area (Å²) in [6.45, 7) is 1.47. The predicted octanol–water partition coefficient (Wildman–Crippen LogP) is 3.18. The molecule has 30 heavy (non-hydrogen) atoms. The Balaban J connectivity index is 1.36. The Morgan fingerprint density at radius 2 is 2.00 bits per heavy atom. The zero-order chi connectivity index (χ0) is 21.1. The van der Waals surface area contributed by atoms with Crippen LogP contribution in [0.3, 0.4) is 0 Å². The van der Waals surface area contributed by atoms with E-state index in [1.54, 1.807) is 18.2 Å². The highest BCUT2D eigenvalue weighted by atomic mass is 35.5. The second kappa shape index (κ2) is 9.06. The summed E-state index contributed by atoms with van der Waals surface area (Å²) < 4.78 is 0. The molecule has 1 atom stereocenters. The normalized spacial score (nSPS) is 18.4. The van der Waals surface area contributed by atoms with Gasteiger partial charge < -0.3 is 20.9 Å². The number of fused-ring (bicyclic) bond motifs is 1. The van der Waals surface area contributed by atoms with Gasteiger partial charge in [-0.25, -0.2) is 9.97 Å². The van der Waals surface area contributed by atoms with Gasteiger partial charge in [-0.2, -0.15) is 0 Å². The number of likely N-dealkylation sites (tertiary alicyclic amines) is 1. The molecule has 2 aliphatic heterocycles. The number of benzene rings is 1. The predicted molar refractivity (Wildman–Crippen MR) is 117 cm³/mol. The minimum absolute atomic E-state index is 0.00887. The summed E-state index contributed by atoms with van der Waals surface area (Å²) in [5.41, 5.74) is 1.63. The number of nitrogens with zero attached hydrogens (tertiary/aromatic N) is 3. The van der Waals surface area contributed by atoms with Gasteiger partial charge in [0.05, 0.1) is 6.54 Å². The van der Waals surface area contributed by atoms with E-state index in [0.717, 1.165) is 24.2 Å². The molecule has 2 amide bonds. The summed E-state index contributed by atoms with van der Waals surface area (Å²) in [6, 6.07) is 5.20. The van der Waals surface area contributed by atoms with Crippen molar-refractivity contribution in [3.05, 3.63) is 40.1 Å². The number of piperidine rings is 1. The molecule has 2 aliphatic rings. The van der Waals surface area contributed by atoms with Crippen molar-refractivity contribution in [2.75, 3.05) is 35.6 Å². The SMILES string of the molecule is O=C1CCc2c(ncnc2NC2CCCN(C(=O)CNc3cc(Cl)cc(Cl)c3)C2)N1. The van der Waals surface area contributed by atoms with Crippen LogP contribution in [-0.4, -0.2) is 52.4 Å². The molecule has 158 valence electrons. The van der Waals surface area contributed by atoms with Crippen molar-refractivity contribution in [3.8, 4) is 0 Å². The largest absolute Gasteiger partial charge is 0.376 e. The molecule has 4 rings (SSSR count). The minimum atomic E-state index is -0.0323. The number of carbonyl (C=O) groups is 2. The van der Waals surface area contributed by atoms with E-state index in [-0.39, 0.29) is 24.4 Å². The Morgan fingerprint density at radius 1 is 1.20 bits per heavy atom. The van der Waals surface area contributed by atoms with Gasteiger partial charge in [-0.1, -0.05) is 23.2 Å². The van der Waals surface area contributed by atoms with Gasteiger partial charge >= 0.3 is 0 Å². The molecule has 0 saturated carbocycles. The van der Waals surface area contributed by atoms with Crippen LogP contribution in [0, 0.1) is 0 Å². The number of rotatable bonds is 5. The van der Waals surface area contributed by atoms with Gasteiger partial charge in [0.15, 0.2) is 0 Å². The van der Waals surface area contributed by atoms with E-state index in [9.17, 15) is 9.59 Å². The van der Waals surface area contributed by atoms with Crippen molar-refractivity contribution < 1.29 is 9.59 Å². The van der Waals surface area contributed by atoms with E-state index in [1.165, 1.54) is 6.33 Å². The number of carbonyl (C=O) groups excluding carboxylic acids is 2. The van der Waals surface area contributed by atoms with E-state index in [0.29, 0.717) is 47.5 Å². The maximum absolute atomic E-state index is 12.7. The third-order valence-electron chi connectivity index (χ3n) is 5.23. The van der Waals surface area contributed by atoms with Crippen molar-refractivity contribution in [1.29, 1.82) is 0 Å². The highest BCUT2D eigenvalue weighted by Gasteiger charge is 2.26. The number of hydrogen-bond acceptors (Lipinski definition) is 6. The Labute approximate surface area is 184 Å². The first-order valence-corrected chi connectivity index (χ1v) is 10.6. The number of nitrogens with one attached hydrogen (secondary N) is 3. The van der Waals surface area contributed by atoms with Gasteiger partial charge in [0.1, 0.15) is 18.0 Å². The fraction of sp³-hybridized carbons (Fsp3) is 0.400. The monoisotopic (exact) mass is 448 g/mol. The van der Waals surface area contributed by atoms with E-state index in [4.69, 9.17) is 23.2 Å². The molecule has 1 fully saturated rings. The number of anilines is 3. The number of halogens is 2. The van der Waals surface area contributed by atoms with E-state index < -0.39 is 0 Å². The van der Waals surface area contributed by atoms with Gasteiger partial charge in [0, 0.05) is 46.8 Å². The summed E-state index contributed by atoms with van der Waals surface area (Å²) in [6.07, 6.45) is 4.30. The maximum atomic E-state index is 12.7. The third-order valence-corrected chi connectivity index (χ3v) is 5.66. The topological polar surface area (TPSA) is 99.2 Å². The van der Waals surface area contributed by atoms with Crippen LogP contribution in [0.5, 0.6) is 0 Å². The molecule has 1 aromatic carbocycles.